The second kappa shape index (κ2) is 4.49. The molecule has 4 aromatic rings. The van der Waals surface area contributed by atoms with E-state index in [0.29, 0.717) is 0 Å². The number of hydrogen-bond acceptors (Lipinski definition) is 1. The molecule has 0 bridgehead atoms. The first kappa shape index (κ1) is 11.7. The molecule has 0 unspecified atom stereocenters. The Morgan fingerprint density at radius 1 is 0.895 bits per heavy atom. The molecule has 0 radical (unpaired) electrons. The zero-order valence-electron chi connectivity index (χ0n) is 10.5. The molecule has 0 nitrogen and oxygen atoms in total. The van der Waals surface area contributed by atoms with Gasteiger partial charge in [0.05, 0.1) is 0 Å². The van der Waals surface area contributed by atoms with E-state index in [1.807, 2.05) is 11.3 Å². The van der Waals surface area contributed by atoms with Gasteiger partial charge in [-0.25, -0.2) is 0 Å². The van der Waals surface area contributed by atoms with E-state index in [1.165, 1.54) is 25.9 Å². The fourth-order valence-electron chi connectivity index (χ4n) is 2.45. The quantitative estimate of drug-likeness (QED) is 0.407. The molecule has 0 aliphatic heterocycles. The molecule has 2 heteroatoms. The van der Waals surface area contributed by atoms with Gasteiger partial charge in [0.15, 0.2) is 0 Å². The van der Waals surface area contributed by atoms with E-state index in [1.54, 1.807) is 6.98 Å². The first-order valence-corrected chi connectivity index (χ1v) is 9.43. The van der Waals surface area contributed by atoms with E-state index in [4.69, 9.17) is 0 Å². The zero-order valence-corrected chi connectivity index (χ0v) is 13.7. The molecule has 19 heavy (non-hydrogen) atoms. The van der Waals surface area contributed by atoms with E-state index in [0.717, 1.165) is 0 Å². The molecular formula is C17H12STe. The fraction of sp³-hybridized carbons (Fsp3) is 0.0588. The van der Waals surface area contributed by atoms with Crippen molar-refractivity contribution < 1.29 is 0 Å². The van der Waals surface area contributed by atoms with Gasteiger partial charge in [0.2, 0.25) is 0 Å². The molecule has 0 aliphatic rings. The molecule has 92 valence electrons. The molecule has 0 saturated carbocycles. The van der Waals surface area contributed by atoms with Gasteiger partial charge in [-0.2, -0.15) is 0 Å². The number of rotatable bonds is 1. The van der Waals surface area contributed by atoms with E-state index in [-0.39, 0.29) is 20.4 Å². The monoisotopic (exact) mass is 378 g/mol. The SMILES string of the molecule is Cc1cc2cc3cc(-c4ccccc4)[te]c3cc2s1. The first-order valence-electron chi connectivity index (χ1n) is 6.29. The predicted molar refractivity (Wildman–Crippen MR) is 86.4 cm³/mol. The van der Waals surface area contributed by atoms with Gasteiger partial charge in [-0.05, 0) is 0 Å². The summed E-state index contributed by atoms with van der Waals surface area (Å²) in [6.07, 6.45) is 0. The number of hydrogen-bond donors (Lipinski definition) is 0. The van der Waals surface area contributed by atoms with E-state index < -0.39 is 0 Å². The van der Waals surface area contributed by atoms with Crippen molar-refractivity contribution in [1.82, 2.24) is 0 Å². The summed E-state index contributed by atoms with van der Waals surface area (Å²) < 4.78 is 4.61. The van der Waals surface area contributed by atoms with Crippen LogP contribution in [-0.2, 0) is 0 Å². The minimum atomic E-state index is -0.217. The predicted octanol–water partition coefficient (Wildman–Crippen LogP) is 5.09. The maximum atomic E-state index is 2.43. The maximum absolute atomic E-state index is 2.43. The van der Waals surface area contributed by atoms with Crippen LogP contribution in [0.5, 0.6) is 0 Å². The molecule has 2 heterocycles. The van der Waals surface area contributed by atoms with Crippen LogP contribution in [0.25, 0.3) is 28.0 Å². The van der Waals surface area contributed by atoms with Gasteiger partial charge >= 0.3 is 126 Å². The van der Waals surface area contributed by atoms with Crippen LogP contribution in [0.1, 0.15) is 4.88 Å². The summed E-state index contributed by atoms with van der Waals surface area (Å²) in [6, 6.07) is 20.3. The Balaban J connectivity index is 1.96. The van der Waals surface area contributed by atoms with Gasteiger partial charge in [-0.3, -0.25) is 0 Å². The second-order valence-electron chi connectivity index (χ2n) is 4.76. The van der Waals surface area contributed by atoms with Crippen molar-refractivity contribution in [1.29, 1.82) is 0 Å². The molecule has 0 spiro atoms. The van der Waals surface area contributed by atoms with Crippen molar-refractivity contribution in [2.75, 3.05) is 0 Å². The van der Waals surface area contributed by atoms with Crippen LogP contribution in [0.15, 0.2) is 54.6 Å². The number of fused-ring (bicyclic) bond motifs is 2. The van der Waals surface area contributed by atoms with Crippen LogP contribution in [0.2, 0.25) is 0 Å². The summed E-state index contributed by atoms with van der Waals surface area (Å²) in [4.78, 5) is 1.41. The first-order chi connectivity index (χ1) is 9.29. The van der Waals surface area contributed by atoms with E-state index in [9.17, 15) is 0 Å². The van der Waals surface area contributed by atoms with Gasteiger partial charge in [0.25, 0.3) is 0 Å². The normalized spacial score (nSPS) is 11.4. The summed E-state index contributed by atoms with van der Waals surface area (Å²) in [6.45, 7) is 2.19. The third-order valence-electron chi connectivity index (χ3n) is 3.34. The third-order valence-corrected chi connectivity index (χ3v) is 7.62. The molecule has 0 fully saturated rings. The Morgan fingerprint density at radius 3 is 2.58 bits per heavy atom. The molecule has 0 aliphatic carbocycles. The molecule has 4 rings (SSSR count). The number of thiophene rings is 1. The van der Waals surface area contributed by atoms with Gasteiger partial charge in [0, 0.05) is 0 Å². The van der Waals surface area contributed by atoms with Crippen molar-refractivity contribution in [3.8, 4) is 9.14 Å². The molecular weight excluding hydrogens is 364 g/mol. The van der Waals surface area contributed by atoms with E-state index >= 15 is 0 Å². The Hall–Kier alpha value is -1.07. The Bertz CT molecular complexity index is 817. The van der Waals surface area contributed by atoms with Gasteiger partial charge in [0.1, 0.15) is 0 Å². The Labute approximate surface area is 125 Å². The van der Waals surface area contributed by atoms with Crippen molar-refractivity contribution in [2.45, 2.75) is 6.92 Å². The second-order valence-corrected chi connectivity index (χ2v) is 9.14. The van der Waals surface area contributed by atoms with Gasteiger partial charge < -0.3 is 0 Å². The van der Waals surface area contributed by atoms with Crippen LogP contribution in [0.3, 0.4) is 0 Å². The molecule has 0 amide bonds. The Kier molecular flexibility index (Phi) is 2.77. The molecule has 0 atom stereocenters. The van der Waals surface area contributed by atoms with Gasteiger partial charge in [-0.15, -0.1) is 0 Å². The summed E-state index contributed by atoms with van der Waals surface area (Å²) in [5.74, 6) is 0. The number of benzene rings is 2. The van der Waals surface area contributed by atoms with E-state index in [2.05, 4.69) is 61.5 Å². The van der Waals surface area contributed by atoms with Crippen molar-refractivity contribution in [3.05, 3.63) is 59.5 Å². The van der Waals surface area contributed by atoms with Crippen molar-refractivity contribution >= 4 is 50.6 Å². The minimum absolute atomic E-state index is 0.217. The standard InChI is InChI=1S/C17H12STe/c1-11-7-13-8-14-9-16(12-5-3-2-4-6-12)19-17(14)10-15(13)18-11/h2-10H,1H3. The van der Waals surface area contributed by atoms with Crippen molar-refractivity contribution in [3.63, 3.8) is 0 Å². The summed E-state index contributed by atoms with van der Waals surface area (Å²) in [5.41, 5.74) is 1.40. The summed E-state index contributed by atoms with van der Waals surface area (Å²) >= 11 is 1.70. The Morgan fingerprint density at radius 2 is 1.74 bits per heavy atom. The topological polar surface area (TPSA) is 0 Å². The van der Waals surface area contributed by atoms with Crippen LogP contribution < -0.4 is 0 Å². The fourth-order valence-corrected chi connectivity index (χ4v) is 6.74. The summed E-state index contributed by atoms with van der Waals surface area (Å²) in [7, 11) is 0. The van der Waals surface area contributed by atoms with Crippen LogP contribution in [-0.4, -0.2) is 20.4 Å². The summed E-state index contributed by atoms with van der Waals surface area (Å²) in [5, 5.41) is 2.85. The average Bonchev–Trinajstić information content (AvgIpc) is 2.98. The van der Waals surface area contributed by atoms with Crippen LogP contribution in [0.4, 0.5) is 0 Å². The zero-order chi connectivity index (χ0) is 12.8. The van der Waals surface area contributed by atoms with Crippen LogP contribution in [0, 0.1) is 6.92 Å². The van der Waals surface area contributed by atoms with Gasteiger partial charge in [-0.1, -0.05) is 0 Å². The molecule has 2 aromatic carbocycles. The molecule has 2 aromatic heterocycles. The molecule has 0 N–H and O–H groups in total. The number of aryl methyl sites for hydroxylation is 1. The third kappa shape index (κ3) is 2.05. The van der Waals surface area contributed by atoms with Crippen molar-refractivity contribution in [2.24, 2.45) is 0 Å². The van der Waals surface area contributed by atoms with Crippen LogP contribution >= 0.6 is 11.3 Å². The average molecular weight is 376 g/mol. The molecule has 0 saturated heterocycles.